The highest BCUT2D eigenvalue weighted by Gasteiger charge is 2.28. The van der Waals surface area contributed by atoms with Crippen molar-refractivity contribution in [2.75, 3.05) is 19.6 Å². The van der Waals surface area contributed by atoms with Crippen molar-refractivity contribution in [1.29, 1.82) is 0 Å². The number of aryl methyl sites for hydroxylation is 1. The first kappa shape index (κ1) is 20.0. The number of aromatic nitrogens is 2. The maximum absolute atomic E-state index is 12.6. The van der Waals surface area contributed by atoms with Crippen molar-refractivity contribution < 1.29 is 9.59 Å². The van der Waals surface area contributed by atoms with Gasteiger partial charge in [0.25, 0.3) is 5.91 Å². The fraction of sp³-hybridized carbons (Fsp3) is 0.455. The molecule has 6 nitrogen and oxygen atoms in total. The number of carbonyl (C=O) groups is 2. The van der Waals surface area contributed by atoms with Crippen LogP contribution in [-0.2, 0) is 11.2 Å². The van der Waals surface area contributed by atoms with Gasteiger partial charge in [-0.2, -0.15) is 0 Å². The third-order valence-electron chi connectivity index (χ3n) is 5.15. The predicted molar refractivity (Wildman–Crippen MR) is 108 cm³/mol. The van der Waals surface area contributed by atoms with E-state index in [2.05, 4.69) is 15.3 Å². The normalized spacial score (nSPS) is 14.7. The molecular formula is C22H28N4O2. The van der Waals surface area contributed by atoms with Crippen LogP contribution in [0.2, 0.25) is 0 Å². The van der Waals surface area contributed by atoms with E-state index in [-0.39, 0.29) is 17.7 Å². The van der Waals surface area contributed by atoms with Gasteiger partial charge >= 0.3 is 0 Å². The zero-order chi connectivity index (χ0) is 19.9. The van der Waals surface area contributed by atoms with Crippen LogP contribution < -0.4 is 5.32 Å². The Labute approximate surface area is 166 Å². The fourth-order valence-electron chi connectivity index (χ4n) is 3.59. The van der Waals surface area contributed by atoms with Gasteiger partial charge in [0, 0.05) is 31.7 Å². The van der Waals surface area contributed by atoms with Gasteiger partial charge in [-0.05, 0) is 31.7 Å². The monoisotopic (exact) mass is 380 g/mol. The molecule has 1 aliphatic heterocycles. The average molecular weight is 380 g/mol. The van der Waals surface area contributed by atoms with E-state index in [1.54, 1.807) is 6.20 Å². The van der Waals surface area contributed by atoms with Crippen molar-refractivity contribution in [3.05, 3.63) is 59.2 Å². The van der Waals surface area contributed by atoms with E-state index in [1.807, 2.05) is 49.1 Å². The van der Waals surface area contributed by atoms with Crippen molar-refractivity contribution in [3.63, 3.8) is 0 Å². The molecule has 28 heavy (non-hydrogen) atoms. The first-order valence-electron chi connectivity index (χ1n) is 10.0. The minimum atomic E-state index is -0.112. The molecule has 148 valence electrons. The molecule has 0 unspecified atom stereocenters. The molecule has 1 fully saturated rings. The molecule has 1 N–H and O–H groups in total. The summed E-state index contributed by atoms with van der Waals surface area (Å²) in [6.45, 7) is 5.88. The summed E-state index contributed by atoms with van der Waals surface area (Å²) in [7, 11) is 0. The summed E-state index contributed by atoms with van der Waals surface area (Å²) in [6.07, 6.45) is 4.57. The van der Waals surface area contributed by atoms with E-state index in [0.717, 1.165) is 30.5 Å². The Hall–Kier alpha value is -2.76. The molecule has 0 saturated carbocycles. The van der Waals surface area contributed by atoms with E-state index >= 15 is 0 Å². The topological polar surface area (TPSA) is 75.2 Å². The predicted octanol–water partition coefficient (Wildman–Crippen LogP) is 2.87. The molecule has 0 bridgehead atoms. The van der Waals surface area contributed by atoms with Gasteiger partial charge in [-0.3, -0.25) is 9.59 Å². The standard InChI is InChI=1S/C22H28N4O2/c1-3-11-23-22(28)19-15-24-16(2)25-21(19)18-9-12-26(13-10-18)20(27)14-17-7-5-4-6-8-17/h4-8,15,18H,3,9-14H2,1-2H3,(H,23,28). The van der Waals surface area contributed by atoms with E-state index in [0.29, 0.717) is 37.4 Å². The number of amides is 2. The minimum absolute atomic E-state index is 0.112. The maximum Gasteiger partial charge on any atom is 0.254 e. The van der Waals surface area contributed by atoms with E-state index in [4.69, 9.17) is 0 Å². The number of benzene rings is 1. The number of hydrogen-bond donors (Lipinski definition) is 1. The lowest BCUT2D eigenvalue weighted by Gasteiger charge is -2.32. The van der Waals surface area contributed by atoms with E-state index in [1.165, 1.54) is 0 Å². The number of piperidine rings is 1. The second-order valence-electron chi connectivity index (χ2n) is 7.29. The number of rotatable bonds is 6. The third kappa shape index (κ3) is 4.94. The number of nitrogens with zero attached hydrogens (tertiary/aromatic N) is 3. The Balaban J connectivity index is 1.65. The molecule has 0 aliphatic carbocycles. The number of likely N-dealkylation sites (tertiary alicyclic amines) is 1. The molecule has 0 radical (unpaired) electrons. The van der Waals surface area contributed by atoms with Crippen LogP contribution >= 0.6 is 0 Å². The van der Waals surface area contributed by atoms with Crippen LogP contribution in [0, 0.1) is 6.92 Å². The second-order valence-corrected chi connectivity index (χ2v) is 7.29. The second kappa shape index (κ2) is 9.44. The fourth-order valence-corrected chi connectivity index (χ4v) is 3.59. The SMILES string of the molecule is CCCNC(=O)c1cnc(C)nc1C1CCN(C(=O)Cc2ccccc2)CC1. The molecule has 2 heterocycles. The van der Waals surface area contributed by atoms with Gasteiger partial charge in [-0.1, -0.05) is 37.3 Å². The van der Waals surface area contributed by atoms with Crippen molar-refractivity contribution in [1.82, 2.24) is 20.2 Å². The van der Waals surface area contributed by atoms with Gasteiger partial charge in [0.15, 0.2) is 0 Å². The first-order chi connectivity index (χ1) is 13.6. The van der Waals surface area contributed by atoms with Crippen molar-refractivity contribution in [2.24, 2.45) is 0 Å². The molecule has 0 atom stereocenters. The molecule has 2 amide bonds. The number of hydrogen-bond acceptors (Lipinski definition) is 4. The zero-order valence-electron chi connectivity index (χ0n) is 16.6. The summed E-state index contributed by atoms with van der Waals surface area (Å²) in [5, 5.41) is 2.92. The van der Waals surface area contributed by atoms with Crippen LogP contribution in [0.4, 0.5) is 0 Å². The molecule has 0 spiro atoms. The lowest BCUT2D eigenvalue weighted by Crippen LogP contribution is -2.39. The van der Waals surface area contributed by atoms with Crippen LogP contribution in [0.1, 0.15) is 59.5 Å². The lowest BCUT2D eigenvalue weighted by atomic mass is 9.90. The minimum Gasteiger partial charge on any atom is -0.352 e. The molecule has 1 aliphatic rings. The van der Waals surface area contributed by atoms with Crippen LogP contribution in [0.5, 0.6) is 0 Å². The van der Waals surface area contributed by atoms with Crippen LogP contribution in [0.3, 0.4) is 0 Å². The summed E-state index contributed by atoms with van der Waals surface area (Å²) < 4.78 is 0. The number of carbonyl (C=O) groups excluding carboxylic acids is 2. The quantitative estimate of drug-likeness (QED) is 0.836. The Morgan fingerprint density at radius 1 is 1.18 bits per heavy atom. The molecule has 3 rings (SSSR count). The highest BCUT2D eigenvalue weighted by molar-refractivity contribution is 5.95. The zero-order valence-corrected chi connectivity index (χ0v) is 16.6. The average Bonchev–Trinajstić information content (AvgIpc) is 2.72. The molecule has 1 aromatic heterocycles. The number of nitrogens with one attached hydrogen (secondary N) is 1. The highest BCUT2D eigenvalue weighted by Crippen LogP contribution is 2.29. The molecule has 1 aromatic carbocycles. The van der Waals surface area contributed by atoms with Crippen molar-refractivity contribution in [3.8, 4) is 0 Å². The van der Waals surface area contributed by atoms with Crippen molar-refractivity contribution >= 4 is 11.8 Å². The third-order valence-corrected chi connectivity index (χ3v) is 5.15. The molecule has 6 heteroatoms. The van der Waals surface area contributed by atoms with Crippen LogP contribution in [0.15, 0.2) is 36.5 Å². The van der Waals surface area contributed by atoms with Gasteiger partial charge in [0.2, 0.25) is 5.91 Å². The molecular weight excluding hydrogens is 352 g/mol. The van der Waals surface area contributed by atoms with Gasteiger partial charge in [0.1, 0.15) is 5.82 Å². The van der Waals surface area contributed by atoms with Gasteiger partial charge < -0.3 is 10.2 Å². The first-order valence-corrected chi connectivity index (χ1v) is 10.0. The highest BCUT2D eigenvalue weighted by atomic mass is 16.2. The Bertz CT molecular complexity index is 815. The maximum atomic E-state index is 12.6. The summed E-state index contributed by atoms with van der Waals surface area (Å²) in [6, 6.07) is 9.83. The van der Waals surface area contributed by atoms with Crippen LogP contribution in [-0.4, -0.2) is 46.3 Å². The van der Waals surface area contributed by atoms with Gasteiger partial charge in [0.05, 0.1) is 17.7 Å². The summed E-state index contributed by atoms with van der Waals surface area (Å²) >= 11 is 0. The Kier molecular flexibility index (Phi) is 6.74. The van der Waals surface area contributed by atoms with Gasteiger partial charge in [-0.25, -0.2) is 9.97 Å². The Morgan fingerprint density at radius 3 is 2.57 bits per heavy atom. The largest absolute Gasteiger partial charge is 0.352 e. The smallest absolute Gasteiger partial charge is 0.254 e. The molecule has 1 saturated heterocycles. The summed E-state index contributed by atoms with van der Waals surface area (Å²) in [5.74, 6) is 0.887. The van der Waals surface area contributed by atoms with Crippen LogP contribution in [0.25, 0.3) is 0 Å². The summed E-state index contributed by atoms with van der Waals surface area (Å²) in [5.41, 5.74) is 2.42. The molecule has 2 aromatic rings. The summed E-state index contributed by atoms with van der Waals surface area (Å²) in [4.78, 5) is 35.8. The van der Waals surface area contributed by atoms with E-state index in [9.17, 15) is 9.59 Å². The lowest BCUT2D eigenvalue weighted by molar-refractivity contribution is -0.131. The van der Waals surface area contributed by atoms with E-state index < -0.39 is 0 Å². The van der Waals surface area contributed by atoms with Crippen molar-refractivity contribution in [2.45, 2.75) is 45.4 Å². The Morgan fingerprint density at radius 2 is 1.89 bits per heavy atom. The van der Waals surface area contributed by atoms with Gasteiger partial charge in [-0.15, -0.1) is 0 Å².